The molecule has 0 radical (unpaired) electrons. The van der Waals surface area contributed by atoms with Crippen molar-refractivity contribution in [2.75, 3.05) is 19.7 Å². The number of ether oxygens (including phenoxy) is 1. The smallest absolute Gasteiger partial charge is 0.137 e. The molecule has 0 atom stereocenters. The summed E-state index contributed by atoms with van der Waals surface area (Å²) in [6, 6.07) is 4.76. The molecule has 0 aliphatic carbocycles. The van der Waals surface area contributed by atoms with E-state index in [-0.39, 0.29) is 5.82 Å². The summed E-state index contributed by atoms with van der Waals surface area (Å²) >= 11 is 3.15. The van der Waals surface area contributed by atoms with Crippen LogP contribution in [0.25, 0.3) is 0 Å². The van der Waals surface area contributed by atoms with E-state index in [0.717, 1.165) is 38.3 Å². The summed E-state index contributed by atoms with van der Waals surface area (Å²) in [5.41, 5.74) is 0. The van der Waals surface area contributed by atoms with E-state index in [1.54, 1.807) is 12.1 Å². The summed E-state index contributed by atoms with van der Waals surface area (Å²) in [7, 11) is 0. The lowest BCUT2D eigenvalue weighted by Crippen LogP contribution is -2.30. The molecule has 1 fully saturated rings. The zero-order valence-electron chi connectivity index (χ0n) is 9.01. The highest BCUT2D eigenvalue weighted by atomic mass is 79.9. The Hall–Kier alpha value is -0.610. The first-order chi connectivity index (χ1) is 7.75. The minimum Gasteiger partial charge on any atom is -0.493 e. The normalized spacial score (nSPS) is 17.4. The van der Waals surface area contributed by atoms with Crippen LogP contribution in [0.2, 0.25) is 0 Å². The number of hydrogen-bond donors (Lipinski definition) is 1. The summed E-state index contributed by atoms with van der Waals surface area (Å²) in [4.78, 5) is 0. The zero-order chi connectivity index (χ0) is 11.4. The molecule has 0 amide bonds. The Morgan fingerprint density at radius 3 is 2.81 bits per heavy atom. The van der Waals surface area contributed by atoms with Crippen LogP contribution < -0.4 is 10.1 Å². The number of rotatable bonds is 3. The molecule has 1 aromatic carbocycles. The van der Waals surface area contributed by atoms with Crippen LogP contribution in [0.5, 0.6) is 5.75 Å². The molecule has 1 saturated heterocycles. The van der Waals surface area contributed by atoms with Gasteiger partial charge in [0.25, 0.3) is 0 Å². The minimum absolute atomic E-state index is 0.255. The van der Waals surface area contributed by atoms with Crippen molar-refractivity contribution in [3.05, 3.63) is 28.5 Å². The molecular formula is C12H15BrFNO. The fourth-order valence-corrected chi connectivity index (χ4v) is 2.19. The average molecular weight is 288 g/mol. The van der Waals surface area contributed by atoms with E-state index in [9.17, 15) is 4.39 Å². The predicted octanol–water partition coefficient (Wildman–Crippen LogP) is 2.97. The van der Waals surface area contributed by atoms with Gasteiger partial charge < -0.3 is 10.1 Å². The van der Waals surface area contributed by atoms with Crippen molar-refractivity contribution in [3.63, 3.8) is 0 Å². The Labute approximate surface area is 103 Å². The highest BCUT2D eigenvalue weighted by Crippen LogP contribution is 2.23. The SMILES string of the molecule is Fc1ccc(OCC2CCNCC2)cc1Br. The Bertz CT molecular complexity index is 353. The number of piperidine rings is 1. The first-order valence-corrected chi connectivity index (χ1v) is 6.33. The number of nitrogens with one attached hydrogen (secondary N) is 1. The second-order valence-electron chi connectivity index (χ2n) is 4.08. The lowest BCUT2D eigenvalue weighted by atomic mass is 9.99. The highest BCUT2D eigenvalue weighted by Gasteiger charge is 2.13. The second kappa shape index (κ2) is 5.64. The van der Waals surface area contributed by atoms with Gasteiger partial charge in [-0.3, -0.25) is 0 Å². The van der Waals surface area contributed by atoms with Crippen LogP contribution in [0.4, 0.5) is 4.39 Å². The Morgan fingerprint density at radius 1 is 1.38 bits per heavy atom. The van der Waals surface area contributed by atoms with E-state index >= 15 is 0 Å². The molecule has 2 rings (SSSR count). The first-order valence-electron chi connectivity index (χ1n) is 5.54. The van der Waals surface area contributed by atoms with E-state index in [1.807, 2.05) is 0 Å². The number of hydrogen-bond acceptors (Lipinski definition) is 2. The van der Waals surface area contributed by atoms with Crippen LogP contribution in [-0.2, 0) is 0 Å². The van der Waals surface area contributed by atoms with Crippen LogP contribution in [-0.4, -0.2) is 19.7 Å². The standard InChI is InChI=1S/C12H15BrFNO/c13-11-7-10(1-2-12(11)14)16-8-9-3-5-15-6-4-9/h1-2,7,9,15H,3-6,8H2. The molecule has 2 nitrogen and oxygen atoms in total. The fourth-order valence-electron chi connectivity index (χ4n) is 1.83. The molecule has 1 N–H and O–H groups in total. The van der Waals surface area contributed by atoms with E-state index in [2.05, 4.69) is 21.2 Å². The van der Waals surface area contributed by atoms with Gasteiger partial charge in [0.15, 0.2) is 0 Å². The lowest BCUT2D eigenvalue weighted by molar-refractivity contribution is 0.215. The molecule has 0 spiro atoms. The summed E-state index contributed by atoms with van der Waals surface area (Å²) in [6.07, 6.45) is 2.31. The lowest BCUT2D eigenvalue weighted by Gasteiger charge is -2.22. The fraction of sp³-hybridized carbons (Fsp3) is 0.500. The van der Waals surface area contributed by atoms with Crippen molar-refractivity contribution in [2.45, 2.75) is 12.8 Å². The van der Waals surface area contributed by atoms with Crippen LogP contribution in [0, 0.1) is 11.7 Å². The van der Waals surface area contributed by atoms with Gasteiger partial charge in [-0.25, -0.2) is 4.39 Å². The van der Waals surface area contributed by atoms with E-state index in [0.29, 0.717) is 10.4 Å². The van der Waals surface area contributed by atoms with Crippen molar-refractivity contribution >= 4 is 15.9 Å². The van der Waals surface area contributed by atoms with Crippen molar-refractivity contribution in [1.29, 1.82) is 0 Å². The predicted molar refractivity (Wildman–Crippen MR) is 65.2 cm³/mol. The maximum absolute atomic E-state index is 13.0. The monoisotopic (exact) mass is 287 g/mol. The van der Waals surface area contributed by atoms with Crippen LogP contribution >= 0.6 is 15.9 Å². The Kier molecular flexibility index (Phi) is 4.18. The summed E-state index contributed by atoms with van der Waals surface area (Å²) in [6.45, 7) is 2.86. The van der Waals surface area contributed by atoms with Gasteiger partial charge in [-0.15, -0.1) is 0 Å². The van der Waals surface area contributed by atoms with E-state index in [1.165, 1.54) is 6.07 Å². The van der Waals surface area contributed by atoms with E-state index < -0.39 is 0 Å². The van der Waals surface area contributed by atoms with Gasteiger partial charge >= 0.3 is 0 Å². The molecule has 88 valence electrons. The van der Waals surface area contributed by atoms with Crippen LogP contribution in [0.15, 0.2) is 22.7 Å². The van der Waals surface area contributed by atoms with Gasteiger partial charge in [0.2, 0.25) is 0 Å². The molecule has 16 heavy (non-hydrogen) atoms. The second-order valence-corrected chi connectivity index (χ2v) is 4.93. The van der Waals surface area contributed by atoms with Gasteiger partial charge in [0.1, 0.15) is 11.6 Å². The molecule has 1 aliphatic heterocycles. The molecule has 4 heteroatoms. The highest BCUT2D eigenvalue weighted by molar-refractivity contribution is 9.10. The number of halogens is 2. The van der Waals surface area contributed by atoms with Crippen LogP contribution in [0.3, 0.4) is 0 Å². The molecule has 0 unspecified atom stereocenters. The quantitative estimate of drug-likeness (QED) is 0.923. The summed E-state index contributed by atoms with van der Waals surface area (Å²) in [5.74, 6) is 1.09. The van der Waals surface area contributed by atoms with Gasteiger partial charge in [-0.05, 0) is 66.0 Å². The molecule has 1 aliphatic rings. The van der Waals surface area contributed by atoms with Crippen LogP contribution in [0.1, 0.15) is 12.8 Å². The Balaban J connectivity index is 1.86. The third-order valence-electron chi connectivity index (χ3n) is 2.84. The zero-order valence-corrected chi connectivity index (χ0v) is 10.6. The molecule has 0 bridgehead atoms. The number of benzene rings is 1. The van der Waals surface area contributed by atoms with Gasteiger partial charge in [0, 0.05) is 0 Å². The maximum atomic E-state index is 13.0. The molecule has 0 aromatic heterocycles. The molecule has 0 saturated carbocycles. The molecule has 1 heterocycles. The average Bonchev–Trinajstić information content (AvgIpc) is 2.32. The molecule has 1 aromatic rings. The minimum atomic E-state index is -0.255. The summed E-state index contributed by atoms with van der Waals surface area (Å²) in [5, 5.41) is 3.32. The van der Waals surface area contributed by atoms with Crippen molar-refractivity contribution in [3.8, 4) is 5.75 Å². The van der Waals surface area contributed by atoms with E-state index in [4.69, 9.17) is 4.74 Å². The largest absolute Gasteiger partial charge is 0.493 e. The topological polar surface area (TPSA) is 21.3 Å². The first kappa shape index (κ1) is 11.9. The Morgan fingerprint density at radius 2 is 2.12 bits per heavy atom. The third-order valence-corrected chi connectivity index (χ3v) is 3.44. The maximum Gasteiger partial charge on any atom is 0.137 e. The van der Waals surface area contributed by atoms with Crippen molar-refractivity contribution < 1.29 is 9.13 Å². The van der Waals surface area contributed by atoms with Gasteiger partial charge in [-0.2, -0.15) is 0 Å². The third kappa shape index (κ3) is 3.19. The van der Waals surface area contributed by atoms with Gasteiger partial charge in [0.05, 0.1) is 11.1 Å². The molecular weight excluding hydrogens is 273 g/mol. The summed E-state index contributed by atoms with van der Waals surface area (Å²) < 4.78 is 19.1. The van der Waals surface area contributed by atoms with Gasteiger partial charge in [-0.1, -0.05) is 0 Å². The van der Waals surface area contributed by atoms with Crippen molar-refractivity contribution in [2.24, 2.45) is 5.92 Å². The van der Waals surface area contributed by atoms with Crippen molar-refractivity contribution in [1.82, 2.24) is 5.32 Å².